The van der Waals surface area contributed by atoms with Gasteiger partial charge in [0.1, 0.15) is 25.4 Å². The third-order valence-corrected chi connectivity index (χ3v) is 11.3. The molecule has 0 radical (unpaired) electrons. The summed E-state index contributed by atoms with van der Waals surface area (Å²) in [4.78, 5) is 37.5. The molecule has 210 valence electrons. The molecular weight excluding hydrogens is 496 g/mol. The highest BCUT2D eigenvalue weighted by Gasteiger charge is 2.64. The van der Waals surface area contributed by atoms with Gasteiger partial charge in [-0.25, -0.2) is 0 Å². The lowest BCUT2D eigenvalue weighted by Crippen LogP contribution is -2.41. The van der Waals surface area contributed by atoms with Crippen LogP contribution >= 0.6 is 0 Å². The van der Waals surface area contributed by atoms with Crippen LogP contribution in [0, 0.1) is 53.3 Å². The minimum Gasteiger partial charge on any atom is -0.481 e. The van der Waals surface area contributed by atoms with Crippen molar-refractivity contribution in [3.8, 4) is 0 Å². The van der Waals surface area contributed by atoms with Crippen molar-refractivity contribution in [3.05, 3.63) is 0 Å². The van der Waals surface area contributed by atoms with Gasteiger partial charge < -0.3 is 34.3 Å². The van der Waals surface area contributed by atoms with E-state index in [1.54, 1.807) is 0 Å². The lowest BCUT2D eigenvalue weighted by Gasteiger charge is -2.34. The van der Waals surface area contributed by atoms with Gasteiger partial charge in [-0.05, 0) is 81.0 Å². The maximum atomic E-state index is 12.9. The number of ether oxygens (including phenoxy) is 4. The zero-order valence-corrected chi connectivity index (χ0v) is 21.5. The number of carboxylic acid groups (broad SMARTS) is 1. The first-order valence-electron chi connectivity index (χ1n) is 14.5. The lowest BCUT2D eigenvalue weighted by atomic mass is 9.85. The molecule has 0 aromatic heterocycles. The van der Waals surface area contributed by atoms with Gasteiger partial charge >= 0.3 is 17.9 Å². The van der Waals surface area contributed by atoms with E-state index < -0.39 is 29.9 Å². The largest absolute Gasteiger partial charge is 0.481 e. The summed E-state index contributed by atoms with van der Waals surface area (Å²) in [5, 5.41) is 29.6. The Balaban J connectivity index is 1.00. The SMILES string of the molecule is O=C(O)C1CC2CC1CC21OC(COC(=O)C2CC3CC2CC3O)C(COC(=O)C2CC3CC2CC3O)O1. The Morgan fingerprint density at radius 1 is 0.658 bits per heavy atom. The normalized spacial score (nSPS) is 51.8. The second-order valence-electron chi connectivity index (χ2n) is 13.3. The molecule has 38 heavy (non-hydrogen) atoms. The summed E-state index contributed by atoms with van der Waals surface area (Å²) in [5.41, 5.74) is 0. The van der Waals surface area contributed by atoms with Crippen LogP contribution in [-0.2, 0) is 33.3 Å². The van der Waals surface area contributed by atoms with Crippen molar-refractivity contribution >= 4 is 17.9 Å². The molecule has 6 aliphatic carbocycles. The van der Waals surface area contributed by atoms with E-state index in [4.69, 9.17) is 18.9 Å². The number of hydrogen-bond acceptors (Lipinski definition) is 9. The highest BCUT2D eigenvalue weighted by molar-refractivity contribution is 5.74. The van der Waals surface area contributed by atoms with E-state index in [-0.39, 0.29) is 84.7 Å². The zero-order valence-electron chi connectivity index (χ0n) is 21.5. The van der Waals surface area contributed by atoms with Gasteiger partial charge in [-0.1, -0.05) is 0 Å². The molecule has 0 amide bonds. The van der Waals surface area contributed by atoms with Crippen LogP contribution in [0.5, 0.6) is 0 Å². The number of hydrogen-bond donors (Lipinski definition) is 3. The molecule has 0 aromatic carbocycles. The Hall–Kier alpha value is -1.75. The molecule has 10 heteroatoms. The summed E-state index contributed by atoms with van der Waals surface area (Å²) in [6.45, 7) is -0.0292. The van der Waals surface area contributed by atoms with Crippen molar-refractivity contribution in [2.45, 2.75) is 88.0 Å². The summed E-state index contributed by atoms with van der Waals surface area (Å²) in [5.74, 6) is -2.51. The van der Waals surface area contributed by atoms with Gasteiger partial charge in [-0.3, -0.25) is 14.4 Å². The monoisotopic (exact) mass is 534 g/mol. The van der Waals surface area contributed by atoms with E-state index >= 15 is 0 Å². The first-order chi connectivity index (χ1) is 18.2. The van der Waals surface area contributed by atoms with E-state index in [1.807, 2.05) is 0 Å². The van der Waals surface area contributed by atoms with Crippen LogP contribution < -0.4 is 0 Å². The smallest absolute Gasteiger partial charge is 0.309 e. The second-order valence-corrected chi connectivity index (χ2v) is 13.3. The maximum absolute atomic E-state index is 12.9. The Morgan fingerprint density at radius 2 is 1.18 bits per heavy atom. The van der Waals surface area contributed by atoms with Crippen LogP contribution in [-0.4, -0.2) is 76.6 Å². The Kier molecular flexibility index (Phi) is 6.07. The quantitative estimate of drug-likeness (QED) is 0.410. The third kappa shape index (κ3) is 4.00. The fourth-order valence-corrected chi connectivity index (χ4v) is 9.42. The molecule has 1 heterocycles. The minimum atomic E-state index is -0.933. The molecule has 3 N–H and O–H groups in total. The van der Waals surface area contributed by atoms with Gasteiger partial charge in [-0.15, -0.1) is 0 Å². The summed E-state index contributed by atoms with van der Waals surface area (Å²) in [7, 11) is 0. The molecule has 0 aromatic rings. The maximum Gasteiger partial charge on any atom is 0.309 e. The molecule has 1 aliphatic heterocycles. The number of fused-ring (bicyclic) bond motifs is 7. The first kappa shape index (κ1) is 25.2. The Labute approximate surface area is 221 Å². The van der Waals surface area contributed by atoms with Gasteiger partial charge in [0.15, 0.2) is 5.79 Å². The van der Waals surface area contributed by atoms with Gasteiger partial charge in [0, 0.05) is 12.3 Å². The number of carboxylic acids is 1. The van der Waals surface area contributed by atoms with Crippen LogP contribution in [0.2, 0.25) is 0 Å². The first-order valence-corrected chi connectivity index (χ1v) is 14.5. The summed E-state index contributed by atoms with van der Waals surface area (Å²) in [6.07, 6.45) is 4.12. The number of esters is 2. The van der Waals surface area contributed by atoms with Crippen molar-refractivity contribution in [1.29, 1.82) is 0 Å². The molecule has 6 saturated carbocycles. The molecule has 1 spiro atoms. The molecule has 7 aliphatic rings. The van der Waals surface area contributed by atoms with E-state index in [1.165, 1.54) is 0 Å². The molecular formula is C28H38O10. The lowest BCUT2D eigenvalue weighted by molar-refractivity contribution is -0.218. The van der Waals surface area contributed by atoms with Crippen molar-refractivity contribution in [2.24, 2.45) is 53.3 Å². The van der Waals surface area contributed by atoms with Gasteiger partial charge in [0.25, 0.3) is 0 Å². The highest BCUT2D eigenvalue weighted by Crippen LogP contribution is 2.59. The fraction of sp³-hybridized carbons (Fsp3) is 0.893. The summed E-state index contributed by atoms with van der Waals surface area (Å²) >= 11 is 0. The number of carbonyl (C=O) groups is 3. The molecule has 1 saturated heterocycles. The Morgan fingerprint density at radius 3 is 1.55 bits per heavy atom. The molecule has 13 atom stereocenters. The van der Waals surface area contributed by atoms with Gasteiger partial charge in [-0.2, -0.15) is 0 Å². The predicted molar refractivity (Wildman–Crippen MR) is 127 cm³/mol. The van der Waals surface area contributed by atoms with Gasteiger partial charge in [0.2, 0.25) is 0 Å². The Bertz CT molecular complexity index is 938. The van der Waals surface area contributed by atoms with Crippen LogP contribution in [0.3, 0.4) is 0 Å². The standard InChI is InChI=1S/C28H38O10/c29-21-6-12-1-14(21)4-19(12)26(33)35-10-23-24(11-36-27(34)20-5-15-2-13(20)7-22(15)30)38-28(37-23)9-16-3-17(28)8-18(16)25(31)32/h12-24,29-30H,1-11H2,(H,31,32). The molecule has 7 rings (SSSR count). The van der Waals surface area contributed by atoms with Crippen LogP contribution in [0.25, 0.3) is 0 Å². The molecule has 7 fully saturated rings. The number of aliphatic carboxylic acids is 1. The predicted octanol–water partition coefficient (Wildman–Crippen LogP) is 1.50. The van der Waals surface area contributed by atoms with Gasteiger partial charge in [0.05, 0.1) is 30.0 Å². The molecule has 6 bridgehead atoms. The fourth-order valence-electron chi connectivity index (χ4n) is 9.42. The third-order valence-electron chi connectivity index (χ3n) is 11.3. The van der Waals surface area contributed by atoms with Crippen molar-refractivity contribution in [2.75, 3.05) is 13.2 Å². The second kappa shape index (κ2) is 9.14. The summed E-state index contributed by atoms with van der Waals surface area (Å²) < 4.78 is 24.4. The van der Waals surface area contributed by atoms with E-state index in [0.29, 0.717) is 38.5 Å². The van der Waals surface area contributed by atoms with Crippen LogP contribution in [0.1, 0.15) is 57.8 Å². The average Bonchev–Trinajstić information content (AvgIpc) is 3.72. The topological polar surface area (TPSA) is 149 Å². The average molecular weight is 535 g/mol. The highest BCUT2D eigenvalue weighted by atomic mass is 16.8. The van der Waals surface area contributed by atoms with Crippen molar-refractivity contribution in [3.63, 3.8) is 0 Å². The number of aliphatic hydroxyl groups is 2. The molecule has 10 nitrogen and oxygen atoms in total. The number of rotatable bonds is 7. The van der Waals surface area contributed by atoms with Crippen LogP contribution in [0.4, 0.5) is 0 Å². The zero-order chi connectivity index (χ0) is 26.3. The van der Waals surface area contributed by atoms with E-state index in [9.17, 15) is 29.7 Å². The van der Waals surface area contributed by atoms with Crippen molar-refractivity contribution in [1.82, 2.24) is 0 Å². The van der Waals surface area contributed by atoms with E-state index in [2.05, 4.69) is 0 Å². The number of carbonyl (C=O) groups excluding carboxylic acids is 2. The van der Waals surface area contributed by atoms with E-state index in [0.717, 1.165) is 19.3 Å². The number of aliphatic hydroxyl groups excluding tert-OH is 2. The van der Waals surface area contributed by atoms with Crippen LogP contribution in [0.15, 0.2) is 0 Å². The van der Waals surface area contributed by atoms with Crippen molar-refractivity contribution < 1.29 is 48.7 Å². The summed E-state index contributed by atoms with van der Waals surface area (Å²) in [6, 6.07) is 0. The minimum absolute atomic E-state index is 0.0146. The molecule has 13 unspecified atom stereocenters.